The summed E-state index contributed by atoms with van der Waals surface area (Å²) >= 11 is 0. The summed E-state index contributed by atoms with van der Waals surface area (Å²) < 4.78 is 48.7. The summed E-state index contributed by atoms with van der Waals surface area (Å²) in [5.41, 5.74) is 0. The molecule has 0 aliphatic carbocycles. The fourth-order valence-corrected chi connectivity index (χ4v) is 2.15. The molecule has 76 valence electrons. The van der Waals surface area contributed by atoms with Crippen molar-refractivity contribution in [1.29, 1.82) is 0 Å². The molecular formula is C3H5O8PS. The van der Waals surface area contributed by atoms with Crippen molar-refractivity contribution in [3.63, 3.8) is 0 Å². The van der Waals surface area contributed by atoms with E-state index in [4.69, 9.17) is 14.8 Å². The summed E-state index contributed by atoms with van der Waals surface area (Å²) in [7, 11) is -8.82. The van der Waals surface area contributed by atoms with Crippen LogP contribution in [-0.4, -0.2) is 40.2 Å². The minimum absolute atomic E-state index is 1.80. The Hall–Kier alpha value is -0.760. The molecule has 10 heteroatoms. The average Bonchev–Trinajstić information content (AvgIpc) is 1.82. The lowest BCUT2D eigenvalue weighted by Gasteiger charge is -2.11. The van der Waals surface area contributed by atoms with E-state index in [1.807, 2.05) is 0 Å². The molecule has 1 atom stereocenters. The van der Waals surface area contributed by atoms with Gasteiger partial charge in [0.05, 0.1) is 0 Å². The molecule has 0 bridgehead atoms. The largest absolute Gasteiger partial charge is 0.478 e. The van der Waals surface area contributed by atoms with Crippen LogP contribution in [0, 0.1) is 0 Å². The zero-order valence-corrected chi connectivity index (χ0v) is 7.66. The molecule has 0 aromatic heterocycles. The van der Waals surface area contributed by atoms with E-state index in [0.29, 0.717) is 0 Å². The van der Waals surface area contributed by atoms with Crippen LogP contribution >= 0.6 is 7.68 Å². The van der Waals surface area contributed by atoms with Gasteiger partial charge >= 0.3 is 13.6 Å². The minimum atomic E-state index is -4.89. The first-order valence-electron chi connectivity index (χ1n) is 2.65. The highest BCUT2D eigenvalue weighted by atomic mass is 32.2. The Balaban J connectivity index is 5.19. The number of hydrogen-bond donors (Lipinski definition) is 3. The Morgan fingerprint density at radius 3 is 1.85 bits per heavy atom. The summed E-state index contributed by atoms with van der Waals surface area (Å²) in [4.78, 5) is 10.1. The van der Waals surface area contributed by atoms with Gasteiger partial charge in [-0.15, -0.1) is 0 Å². The molecule has 0 aliphatic rings. The smallest absolute Gasteiger partial charge is 0.361 e. The molecule has 3 N–H and O–H groups in total. The van der Waals surface area contributed by atoms with Crippen molar-refractivity contribution < 1.29 is 37.1 Å². The number of carboxylic acid groups (broad SMARTS) is 1. The molecule has 0 aliphatic heterocycles. The van der Waals surface area contributed by atoms with Crippen LogP contribution < -0.4 is 0 Å². The lowest BCUT2D eigenvalue weighted by Crippen LogP contribution is -2.40. The highest BCUT2D eigenvalue weighted by Crippen LogP contribution is 2.27. The lowest BCUT2D eigenvalue weighted by molar-refractivity contribution is -0.148. The first-order chi connectivity index (χ1) is 5.59. The van der Waals surface area contributed by atoms with E-state index in [1.165, 1.54) is 0 Å². The molecule has 0 spiro atoms. The zero-order valence-electron chi connectivity index (χ0n) is 5.95. The Morgan fingerprint density at radius 2 is 1.77 bits per heavy atom. The predicted octanol–water partition coefficient (Wildman–Crippen LogP) is -1.18. The molecule has 0 rings (SSSR count). The van der Waals surface area contributed by atoms with Crippen molar-refractivity contribution in [1.82, 2.24) is 0 Å². The third-order valence-electron chi connectivity index (χ3n) is 1.03. The van der Waals surface area contributed by atoms with E-state index in [9.17, 15) is 22.3 Å². The molecule has 8 nitrogen and oxygen atoms in total. The fraction of sp³-hybridized carbons (Fsp3) is 0.667. The van der Waals surface area contributed by atoms with Gasteiger partial charge in [-0.25, -0.2) is 13.9 Å². The van der Waals surface area contributed by atoms with Crippen molar-refractivity contribution >= 4 is 23.8 Å². The molecule has 0 radical (unpaired) electrons. The molecule has 0 heterocycles. The Bertz CT molecular complexity index is 370. The van der Waals surface area contributed by atoms with Gasteiger partial charge in [0.2, 0.25) is 0 Å². The van der Waals surface area contributed by atoms with E-state index >= 15 is 0 Å². The van der Waals surface area contributed by atoms with E-state index < -0.39 is 34.9 Å². The number of carboxylic acids is 1. The molecule has 0 saturated carbocycles. The maximum Gasteiger partial charge on any atom is 0.361 e. The second-order valence-electron chi connectivity index (χ2n) is 2.11. The van der Waals surface area contributed by atoms with Gasteiger partial charge in [-0.2, -0.15) is 8.42 Å². The highest BCUT2D eigenvalue weighted by Gasteiger charge is 2.47. The standard InChI is InChI=1S/C3H5O8PS/c4-2(5)3(6,12(7)8)1-13(9,10)11/h6H,1H2,(H,4,5)(H,9,10,11). The van der Waals surface area contributed by atoms with E-state index in [2.05, 4.69) is 0 Å². The summed E-state index contributed by atoms with van der Waals surface area (Å²) in [5.74, 6) is -4.06. The van der Waals surface area contributed by atoms with E-state index in [-0.39, 0.29) is 0 Å². The first-order valence-corrected chi connectivity index (χ1v) is 5.43. The molecule has 0 aromatic carbocycles. The van der Waals surface area contributed by atoms with Gasteiger partial charge in [0.1, 0.15) is 5.75 Å². The van der Waals surface area contributed by atoms with Crippen molar-refractivity contribution in [3.05, 3.63) is 0 Å². The molecule has 0 saturated heterocycles. The Labute approximate surface area is 72.8 Å². The maximum absolute atomic E-state index is 10.2. The van der Waals surface area contributed by atoms with E-state index in [1.54, 1.807) is 0 Å². The SMILES string of the molecule is O=C(O)C(O)(CS(=O)(=O)O)P(=O)=O. The van der Waals surface area contributed by atoms with Crippen LogP contribution in [0.15, 0.2) is 0 Å². The quantitative estimate of drug-likeness (QED) is 0.405. The number of hydrogen-bond acceptors (Lipinski definition) is 6. The predicted molar refractivity (Wildman–Crippen MR) is 37.3 cm³/mol. The molecule has 13 heavy (non-hydrogen) atoms. The Morgan fingerprint density at radius 1 is 1.38 bits per heavy atom. The first kappa shape index (κ1) is 12.2. The van der Waals surface area contributed by atoms with Crippen LogP contribution in [0.5, 0.6) is 0 Å². The average molecular weight is 232 g/mol. The van der Waals surface area contributed by atoms with Gasteiger partial charge < -0.3 is 10.2 Å². The van der Waals surface area contributed by atoms with Gasteiger partial charge in [0.15, 0.2) is 0 Å². The van der Waals surface area contributed by atoms with Crippen LogP contribution in [0.1, 0.15) is 0 Å². The normalized spacial score (nSPS) is 16.2. The molecule has 0 aromatic rings. The van der Waals surface area contributed by atoms with Crippen molar-refractivity contribution in [2.24, 2.45) is 0 Å². The van der Waals surface area contributed by atoms with Crippen molar-refractivity contribution in [2.45, 2.75) is 5.34 Å². The summed E-state index contributed by atoms with van der Waals surface area (Å²) in [6.45, 7) is 0. The van der Waals surface area contributed by atoms with Gasteiger partial charge in [0, 0.05) is 0 Å². The molecular weight excluding hydrogens is 227 g/mol. The third-order valence-corrected chi connectivity index (χ3v) is 2.98. The lowest BCUT2D eigenvalue weighted by atomic mass is 10.4. The zero-order chi connectivity index (χ0) is 10.9. The van der Waals surface area contributed by atoms with Gasteiger partial charge in [-0.3, -0.25) is 4.55 Å². The fourth-order valence-electron chi connectivity index (χ4n) is 0.447. The second-order valence-corrected chi connectivity index (χ2v) is 4.81. The summed E-state index contributed by atoms with van der Waals surface area (Å²) in [6, 6.07) is 0. The highest BCUT2D eigenvalue weighted by molar-refractivity contribution is 7.86. The van der Waals surface area contributed by atoms with Crippen LogP contribution in [0.25, 0.3) is 0 Å². The molecule has 1 unspecified atom stereocenters. The van der Waals surface area contributed by atoms with Gasteiger partial charge in [-0.1, -0.05) is 0 Å². The summed E-state index contributed by atoms with van der Waals surface area (Å²) in [5, 5.41) is 13.4. The molecule has 0 amide bonds. The number of rotatable bonds is 4. The van der Waals surface area contributed by atoms with Crippen molar-refractivity contribution in [2.75, 3.05) is 5.75 Å². The number of carbonyl (C=O) groups is 1. The van der Waals surface area contributed by atoms with Crippen molar-refractivity contribution in [3.8, 4) is 0 Å². The van der Waals surface area contributed by atoms with Crippen LogP contribution in [0.4, 0.5) is 0 Å². The van der Waals surface area contributed by atoms with Crippen LogP contribution in [0.3, 0.4) is 0 Å². The maximum atomic E-state index is 10.2. The van der Waals surface area contributed by atoms with Gasteiger partial charge in [0.25, 0.3) is 15.5 Å². The summed E-state index contributed by atoms with van der Waals surface area (Å²) in [6.07, 6.45) is 0. The van der Waals surface area contributed by atoms with Crippen LogP contribution in [0.2, 0.25) is 0 Å². The van der Waals surface area contributed by atoms with Gasteiger partial charge in [-0.05, 0) is 0 Å². The molecule has 0 fully saturated rings. The van der Waals surface area contributed by atoms with Crippen LogP contribution in [-0.2, 0) is 24.0 Å². The number of aliphatic carboxylic acids is 1. The topological polar surface area (TPSA) is 146 Å². The van der Waals surface area contributed by atoms with E-state index in [0.717, 1.165) is 0 Å². The second kappa shape index (κ2) is 3.54. The number of aliphatic hydroxyl groups is 1. The monoisotopic (exact) mass is 232 g/mol. The third kappa shape index (κ3) is 3.23. The Kier molecular flexibility index (Phi) is 3.34. The minimum Gasteiger partial charge on any atom is -0.478 e.